The second-order valence-electron chi connectivity index (χ2n) is 8.86. The number of fused-ring (bicyclic) bond motifs is 3. The maximum atomic E-state index is 10.6. The molecule has 1 aromatic carbocycles. The summed E-state index contributed by atoms with van der Waals surface area (Å²) in [4.78, 5) is 4.80. The van der Waals surface area contributed by atoms with Crippen molar-refractivity contribution in [1.82, 2.24) is 14.6 Å². The van der Waals surface area contributed by atoms with Crippen molar-refractivity contribution in [3.8, 4) is 0 Å². The lowest BCUT2D eigenvalue weighted by atomic mass is 9.97. The standard InChI is InChI=1S/C23H30BrN5O2/c1-23(2,30)16-4-5-17-18(11-16)29(13-14-6-8-31-9-7-14)19-10-15(12-27-20(17)19)21(22(24)25)28(3)26/h4-5,10-12,14,30H,6-9,13,25-26H2,1-3H3/b22-21-. The Morgan fingerprint density at radius 3 is 2.61 bits per heavy atom. The van der Waals surface area contributed by atoms with E-state index in [9.17, 15) is 5.11 Å². The summed E-state index contributed by atoms with van der Waals surface area (Å²) in [5.41, 5.74) is 10.5. The lowest BCUT2D eigenvalue weighted by Crippen LogP contribution is -2.26. The lowest BCUT2D eigenvalue weighted by molar-refractivity contribution is 0.0619. The van der Waals surface area contributed by atoms with Crippen LogP contribution in [0.2, 0.25) is 0 Å². The Morgan fingerprint density at radius 2 is 2.00 bits per heavy atom. The number of benzene rings is 1. The Labute approximate surface area is 190 Å². The molecule has 0 atom stereocenters. The highest BCUT2D eigenvalue weighted by molar-refractivity contribution is 9.11. The molecule has 7 nitrogen and oxygen atoms in total. The van der Waals surface area contributed by atoms with Gasteiger partial charge in [-0.2, -0.15) is 0 Å². The first kappa shape index (κ1) is 22.1. The van der Waals surface area contributed by atoms with Crippen LogP contribution in [0.1, 0.15) is 37.8 Å². The minimum absolute atomic E-state index is 0.454. The van der Waals surface area contributed by atoms with E-state index in [2.05, 4.69) is 38.7 Å². The maximum Gasteiger partial charge on any atom is 0.101 e. The molecule has 166 valence electrons. The average molecular weight is 488 g/mol. The Balaban J connectivity index is 1.95. The molecule has 3 aromatic rings. The Hall–Kier alpha value is -2.13. The third kappa shape index (κ3) is 4.30. The second-order valence-corrected chi connectivity index (χ2v) is 9.71. The van der Waals surface area contributed by atoms with E-state index in [0.717, 1.165) is 65.7 Å². The first-order chi connectivity index (χ1) is 14.7. The largest absolute Gasteiger partial charge is 0.391 e. The minimum Gasteiger partial charge on any atom is -0.391 e. The molecule has 0 radical (unpaired) electrons. The summed E-state index contributed by atoms with van der Waals surface area (Å²) in [6.07, 6.45) is 3.87. The van der Waals surface area contributed by atoms with Crippen molar-refractivity contribution in [2.24, 2.45) is 17.5 Å². The van der Waals surface area contributed by atoms with Gasteiger partial charge in [-0.1, -0.05) is 12.1 Å². The van der Waals surface area contributed by atoms with E-state index in [0.29, 0.717) is 16.2 Å². The first-order valence-electron chi connectivity index (χ1n) is 10.5. The third-order valence-corrected chi connectivity index (χ3v) is 6.42. The van der Waals surface area contributed by atoms with E-state index in [4.69, 9.17) is 21.3 Å². The van der Waals surface area contributed by atoms with Crippen LogP contribution < -0.4 is 11.6 Å². The third-order valence-electron chi connectivity index (χ3n) is 6.04. The van der Waals surface area contributed by atoms with Gasteiger partial charge in [0, 0.05) is 44.0 Å². The molecule has 0 bridgehead atoms. The molecule has 2 aromatic heterocycles. The molecule has 0 aliphatic carbocycles. The number of rotatable bonds is 5. The van der Waals surface area contributed by atoms with Crippen molar-refractivity contribution < 1.29 is 9.84 Å². The Morgan fingerprint density at radius 1 is 1.29 bits per heavy atom. The van der Waals surface area contributed by atoms with Crippen molar-refractivity contribution in [3.05, 3.63) is 46.2 Å². The number of hydrogen-bond acceptors (Lipinski definition) is 6. The minimum atomic E-state index is -0.921. The highest BCUT2D eigenvalue weighted by atomic mass is 79.9. The average Bonchev–Trinajstić information content (AvgIpc) is 3.00. The van der Waals surface area contributed by atoms with Crippen LogP contribution in [0.3, 0.4) is 0 Å². The molecule has 1 aliphatic heterocycles. The van der Waals surface area contributed by atoms with Gasteiger partial charge in [0.15, 0.2) is 0 Å². The fourth-order valence-electron chi connectivity index (χ4n) is 4.36. The van der Waals surface area contributed by atoms with Crippen LogP contribution in [-0.2, 0) is 16.9 Å². The van der Waals surface area contributed by atoms with Gasteiger partial charge in [-0.25, -0.2) is 5.84 Å². The summed E-state index contributed by atoms with van der Waals surface area (Å²) in [5.74, 6) is 6.56. The molecule has 1 saturated heterocycles. The quantitative estimate of drug-likeness (QED) is 0.288. The molecule has 0 saturated carbocycles. The molecule has 8 heteroatoms. The first-order valence-corrected chi connectivity index (χ1v) is 11.3. The zero-order valence-electron chi connectivity index (χ0n) is 18.2. The van der Waals surface area contributed by atoms with Crippen molar-refractivity contribution >= 4 is 43.6 Å². The summed E-state index contributed by atoms with van der Waals surface area (Å²) in [7, 11) is 1.75. The van der Waals surface area contributed by atoms with Crippen molar-refractivity contribution in [2.45, 2.75) is 38.8 Å². The SMILES string of the molecule is CN(N)/C(=C(\N)Br)c1cnc2c3ccc(C(C)(C)O)cc3n(CC3CCOCC3)c2c1. The number of ether oxygens (including phenoxy) is 1. The van der Waals surface area contributed by atoms with Gasteiger partial charge in [-0.3, -0.25) is 4.98 Å². The highest BCUT2D eigenvalue weighted by Crippen LogP contribution is 2.34. The second kappa shape index (κ2) is 8.43. The molecule has 0 unspecified atom stereocenters. The number of pyridine rings is 1. The molecule has 5 N–H and O–H groups in total. The van der Waals surface area contributed by atoms with Gasteiger partial charge >= 0.3 is 0 Å². The van der Waals surface area contributed by atoms with Gasteiger partial charge in [0.25, 0.3) is 0 Å². The number of halogens is 1. The van der Waals surface area contributed by atoms with Crippen molar-refractivity contribution in [2.75, 3.05) is 20.3 Å². The Bertz CT molecular complexity index is 1140. The van der Waals surface area contributed by atoms with Crippen molar-refractivity contribution in [1.29, 1.82) is 0 Å². The molecule has 3 heterocycles. The fraction of sp³-hybridized carbons (Fsp3) is 0.435. The van der Waals surface area contributed by atoms with E-state index in [1.165, 1.54) is 5.01 Å². The number of nitrogens with zero attached hydrogens (tertiary/aromatic N) is 3. The smallest absolute Gasteiger partial charge is 0.101 e. The van der Waals surface area contributed by atoms with E-state index >= 15 is 0 Å². The van der Waals surface area contributed by atoms with Gasteiger partial charge in [-0.05, 0) is 66.2 Å². The summed E-state index contributed by atoms with van der Waals surface area (Å²) in [6, 6.07) is 8.22. The molecular formula is C23H30BrN5O2. The van der Waals surface area contributed by atoms with Crippen LogP contribution >= 0.6 is 15.9 Å². The lowest BCUT2D eigenvalue weighted by Gasteiger charge is -2.24. The summed E-state index contributed by atoms with van der Waals surface area (Å²) >= 11 is 3.37. The summed E-state index contributed by atoms with van der Waals surface area (Å²) in [6.45, 7) is 6.08. The van der Waals surface area contributed by atoms with E-state index in [1.807, 2.05) is 19.9 Å². The number of nitrogens with two attached hydrogens (primary N) is 2. The van der Waals surface area contributed by atoms with Crippen LogP contribution in [0.25, 0.3) is 27.6 Å². The fourth-order valence-corrected chi connectivity index (χ4v) is 4.86. The van der Waals surface area contributed by atoms with Gasteiger partial charge in [-0.15, -0.1) is 0 Å². The zero-order valence-corrected chi connectivity index (χ0v) is 19.8. The van der Waals surface area contributed by atoms with Crippen molar-refractivity contribution in [3.63, 3.8) is 0 Å². The van der Waals surface area contributed by atoms with Crippen LogP contribution in [0.5, 0.6) is 0 Å². The number of aromatic nitrogens is 2. The van der Waals surface area contributed by atoms with Crippen LogP contribution in [0.15, 0.2) is 35.1 Å². The van der Waals surface area contributed by atoms with E-state index in [1.54, 1.807) is 13.2 Å². The normalized spacial score (nSPS) is 16.7. The van der Waals surface area contributed by atoms with Gasteiger partial charge < -0.3 is 25.2 Å². The zero-order chi connectivity index (χ0) is 22.3. The number of hydrazine groups is 1. The molecular weight excluding hydrogens is 458 g/mol. The molecule has 1 fully saturated rings. The van der Waals surface area contributed by atoms with Gasteiger partial charge in [0.2, 0.25) is 0 Å². The van der Waals surface area contributed by atoms with Crippen LogP contribution in [0, 0.1) is 5.92 Å². The molecule has 1 aliphatic rings. The maximum absolute atomic E-state index is 10.6. The molecule has 0 spiro atoms. The summed E-state index contributed by atoms with van der Waals surface area (Å²) in [5, 5.41) is 13.1. The molecule has 31 heavy (non-hydrogen) atoms. The van der Waals surface area contributed by atoms with E-state index < -0.39 is 5.60 Å². The predicted molar refractivity (Wildman–Crippen MR) is 128 cm³/mol. The highest BCUT2D eigenvalue weighted by Gasteiger charge is 2.22. The van der Waals surface area contributed by atoms with Crippen LogP contribution in [0.4, 0.5) is 0 Å². The molecule has 0 amide bonds. The topological polar surface area (TPSA) is 103 Å². The molecule has 4 rings (SSSR count). The van der Waals surface area contributed by atoms with Gasteiger partial charge in [0.05, 0.1) is 27.8 Å². The number of hydrogen-bond donors (Lipinski definition) is 3. The monoisotopic (exact) mass is 487 g/mol. The summed E-state index contributed by atoms with van der Waals surface area (Å²) < 4.78 is 8.34. The van der Waals surface area contributed by atoms with Gasteiger partial charge in [0.1, 0.15) is 4.61 Å². The van der Waals surface area contributed by atoms with E-state index in [-0.39, 0.29) is 0 Å². The number of aliphatic hydroxyl groups is 1. The predicted octanol–water partition coefficient (Wildman–Crippen LogP) is 3.63. The Kier molecular flexibility index (Phi) is 6.00. The van der Waals surface area contributed by atoms with Crippen LogP contribution in [-0.4, -0.2) is 39.9 Å².